The zero-order valence-corrected chi connectivity index (χ0v) is 30.0. The van der Waals surface area contributed by atoms with E-state index in [-0.39, 0.29) is 0 Å². The van der Waals surface area contributed by atoms with Gasteiger partial charge < -0.3 is 9.30 Å². The molecule has 5 nitrogen and oxygen atoms in total. The number of ether oxygens (including phenoxy) is 1. The van der Waals surface area contributed by atoms with Crippen LogP contribution >= 0.6 is 0 Å². The van der Waals surface area contributed by atoms with Crippen LogP contribution < -0.4 is 4.74 Å². The molecule has 0 bridgehead atoms. The van der Waals surface area contributed by atoms with E-state index in [0.29, 0.717) is 17.5 Å². The molecule has 2 aromatic heterocycles. The number of fused-ring (bicyclic) bond motifs is 7. The molecule has 0 amide bonds. The van der Waals surface area contributed by atoms with Crippen molar-refractivity contribution in [3.63, 3.8) is 0 Å². The van der Waals surface area contributed by atoms with E-state index < -0.39 is 0 Å². The van der Waals surface area contributed by atoms with Gasteiger partial charge in [0.1, 0.15) is 5.75 Å². The first-order valence-electron chi connectivity index (χ1n) is 18.9. The molecule has 9 aromatic carbocycles. The third kappa shape index (κ3) is 4.64. The molecule has 0 unspecified atom stereocenters. The van der Waals surface area contributed by atoms with Crippen molar-refractivity contribution >= 4 is 54.1 Å². The van der Waals surface area contributed by atoms with Crippen molar-refractivity contribution in [1.29, 1.82) is 0 Å². The molecule has 1 aliphatic rings. The van der Waals surface area contributed by atoms with Crippen LogP contribution in [-0.2, 0) is 0 Å². The topological polar surface area (TPSA) is 52.8 Å². The van der Waals surface area contributed by atoms with Gasteiger partial charge in [0.2, 0.25) is 0 Å². The maximum Gasteiger partial charge on any atom is 0.164 e. The van der Waals surface area contributed by atoms with Crippen LogP contribution in [0.2, 0.25) is 0 Å². The minimum Gasteiger partial charge on any atom is -0.454 e. The van der Waals surface area contributed by atoms with Crippen molar-refractivity contribution < 1.29 is 4.74 Å². The standard InChI is InChI=1S/C51H30N4O/c1-2-13-32(14-3-1)49-52-50(36-25-24-31-12-4-5-15-33(31)28-36)54-51(53-49)41-26-27-46-47-38(19-10-20-39(41)47)40-21-11-23-44(48(40)56-46)55-43-22-9-8-18-37(43)42-29-34-16-6-7-17-35(34)30-45(42)55/h1-30H. The zero-order chi connectivity index (χ0) is 36.7. The molecule has 12 rings (SSSR count). The fraction of sp³-hybridized carbons (Fsp3) is 0. The number of nitrogens with zero attached hydrogens (tertiary/aromatic N) is 4. The minimum absolute atomic E-state index is 0.614. The molecule has 0 aliphatic carbocycles. The summed E-state index contributed by atoms with van der Waals surface area (Å²) in [6.45, 7) is 0. The Bertz CT molecular complexity index is 3400. The number of rotatable bonds is 4. The van der Waals surface area contributed by atoms with Gasteiger partial charge in [-0.2, -0.15) is 0 Å². The Morgan fingerprint density at radius 3 is 1.89 bits per heavy atom. The highest BCUT2D eigenvalue weighted by atomic mass is 16.5. The fourth-order valence-corrected chi connectivity index (χ4v) is 8.59. The summed E-state index contributed by atoms with van der Waals surface area (Å²) in [6, 6.07) is 63.8. The van der Waals surface area contributed by atoms with Crippen molar-refractivity contribution in [3.05, 3.63) is 182 Å². The molecule has 0 radical (unpaired) electrons. The van der Waals surface area contributed by atoms with E-state index in [2.05, 4.69) is 156 Å². The molecule has 0 N–H and O–H groups in total. The lowest BCUT2D eigenvalue weighted by Crippen LogP contribution is -2.04. The monoisotopic (exact) mass is 714 g/mol. The largest absolute Gasteiger partial charge is 0.454 e. The molecule has 260 valence electrons. The smallest absolute Gasteiger partial charge is 0.164 e. The van der Waals surface area contributed by atoms with E-state index >= 15 is 0 Å². The highest BCUT2D eigenvalue weighted by molar-refractivity contribution is 6.15. The molecule has 11 aromatic rings. The molecule has 0 spiro atoms. The molecule has 0 fully saturated rings. The molecule has 0 saturated carbocycles. The minimum atomic E-state index is 0.614. The van der Waals surface area contributed by atoms with Crippen LogP contribution in [-0.4, -0.2) is 19.5 Å². The van der Waals surface area contributed by atoms with Gasteiger partial charge in [-0.3, -0.25) is 0 Å². The van der Waals surface area contributed by atoms with Gasteiger partial charge in [-0.1, -0.05) is 140 Å². The molecule has 56 heavy (non-hydrogen) atoms. The first-order chi connectivity index (χ1) is 27.7. The van der Waals surface area contributed by atoms with Crippen molar-refractivity contribution in [3.8, 4) is 62.5 Å². The SMILES string of the molecule is c1ccc(-c2nc(-c3ccc4ccccc4c3)nc(-c3ccc4c5c(cccc35)-c3cccc(-n5c6ccccc6c6cc7ccccc7cc65)c3O4)n2)cc1. The molecule has 3 heterocycles. The Hall–Kier alpha value is -7.63. The second kappa shape index (κ2) is 11.9. The summed E-state index contributed by atoms with van der Waals surface area (Å²) in [5, 5.41) is 9.23. The Kier molecular flexibility index (Phi) is 6.56. The Labute approximate surface area is 321 Å². The average Bonchev–Trinajstić information content (AvgIpc) is 3.58. The number of hydrogen-bond acceptors (Lipinski definition) is 4. The zero-order valence-electron chi connectivity index (χ0n) is 30.0. The van der Waals surface area contributed by atoms with Crippen molar-refractivity contribution in [2.24, 2.45) is 0 Å². The summed E-state index contributed by atoms with van der Waals surface area (Å²) in [5.74, 6) is 3.51. The Balaban J connectivity index is 1.06. The summed E-state index contributed by atoms with van der Waals surface area (Å²) in [6.07, 6.45) is 0. The van der Waals surface area contributed by atoms with E-state index in [0.717, 1.165) is 72.2 Å². The number of aromatic nitrogens is 4. The highest BCUT2D eigenvalue weighted by Gasteiger charge is 2.27. The summed E-state index contributed by atoms with van der Waals surface area (Å²) < 4.78 is 9.39. The molecule has 0 saturated heterocycles. The molecular weight excluding hydrogens is 685 g/mol. The highest BCUT2D eigenvalue weighted by Crippen LogP contribution is 2.51. The summed E-state index contributed by atoms with van der Waals surface area (Å²) in [5.41, 5.74) is 8.24. The van der Waals surface area contributed by atoms with E-state index in [1.165, 1.54) is 26.9 Å². The third-order valence-electron chi connectivity index (χ3n) is 11.2. The van der Waals surface area contributed by atoms with Gasteiger partial charge in [-0.05, 0) is 75.0 Å². The van der Waals surface area contributed by atoms with Gasteiger partial charge in [0.25, 0.3) is 0 Å². The normalized spacial score (nSPS) is 12.1. The van der Waals surface area contributed by atoms with Gasteiger partial charge in [-0.25, -0.2) is 15.0 Å². The maximum atomic E-state index is 7.03. The lowest BCUT2D eigenvalue weighted by molar-refractivity contribution is 0.485. The third-order valence-corrected chi connectivity index (χ3v) is 11.2. The van der Waals surface area contributed by atoms with Gasteiger partial charge in [0.05, 0.1) is 16.7 Å². The van der Waals surface area contributed by atoms with Crippen LogP contribution in [0.25, 0.3) is 105 Å². The summed E-state index contributed by atoms with van der Waals surface area (Å²) in [4.78, 5) is 15.3. The second-order valence-electron chi connectivity index (χ2n) is 14.4. The predicted molar refractivity (Wildman–Crippen MR) is 229 cm³/mol. The van der Waals surface area contributed by atoms with Crippen LogP contribution in [0.4, 0.5) is 0 Å². The van der Waals surface area contributed by atoms with Crippen molar-refractivity contribution in [2.45, 2.75) is 0 Å². The van der Waals surface area contributed by atoms with Crippen LogP contribution in [0.5, 0.6) is 11.5 Å². The molecule has 5 heteroatoms. The number of para-hydroxylation sites is 2. The van der Waals surface area contributed by atoms with Gasteiger partial charge >= 0.3 is 0 Å². The van der Waals surface area contributed by atoms with Gasteiger partial charge in [0.15, 0.2) is 23.2 Å². The van der Waals surface area contributed by atoms with Gasteiger partial charge in [0, 0.05) is 38.4 Å². The van der Waals surface area contributed by atoms with Crippen molar-refractivity contribution in [1.82, 2.24) is 19.5 Å². The number of hydrogen-bond donors (Lipinski definition) is 0. The Morgan fingerprint density at radius 1 is 0.375 bits per heavy atom. The predicted octanol–water partition coefficient (Wildman–Crippen LogP) is 13.2. The lowest BCUT2D eigenvalue weighted by Gasteiger charge is -2.25. The van der Waals surface area contributed by atoms with Gasteiger partial charge in [-0.15, -0.1) is 0 Å². The van der Waals surface area contributed by atoms with Crippen molar-refractivity contribution in [2.75, 3.05) is 0 Å². The van der Waals surface area contributed by atoms with Crippen LogP contribution in [0, 0.1) is 0 Å². The summed E-state index contributed by atoms with van der Waals surface area (Å²) in [7, 11) is 0. The fourth-order valence-electron chi connectivity index (χ4n) is 8.59. The number of benzene rings is 9. The quantitative estimate of drug-likeness (QED) is 0.182. The van der Waals surface area contributed by atoms with E-state index in [9.17, 15) is 0 Å². The first kappa shape index (κ1) is 30.8. The first-order valence-corrected chi connectivity index (χ1v) is 18.9. The average molecular weight is 715 g/mol. The van der Waals surface area contributed by atoms with Crippen LogP contribution in [0.1, 0.15) is 0 Å². The van der Waals surface area contributed by atoms with E-state index in [1.807, 2.05) is 30.3 Å². The second-order valence-corrected chi connectivity index (χ2v) is 14.4. The molecular formula is C51H30N4O. The molecule has 1 aliphatic heterocycles. The van der Waals surface area contributed by atoms with Crippen LogP contribution in [0.15, 0.2) is 182 Å². The molecule has 0 atom stereocenters. The van der Waals surface area contributed by atoms with Crippen LogP contribution in [0.3, 0.4) is 0 Å². The van der Waals surface area contributed by atoms with E-state index in [1.54, 1.807) is 0 Å². The Morgan fingerprint density at radius 2 is 1.04 bits per heavy atom. The maximum absolute atomic E-state index is 7.03. The summed E-state index contributed by atoms with van der Waals surface area (Å²) >= 11 is 0. The van der Waals surface area contributed by atoms with E-state index in [4.69, 9.17) is 19.7 Å². The lowest BCUT2D eigenvalue weighted by atomic mass is 9.92.